The minimum Gasteiger partial charge on any atom is -0.443 e. The van der Waals surface area contributed by atoms with Crippen LogP contribution in [0.4, 0.5) is 4.79 Å². The van der Waals surface area contributed by atoms with Crippen molar-refractivity contribution in [1.82, 2.24) is 19.9 Å². The summed E-state index contributed by atoms with van der Waals surface area (Å²) in [5, 5.41) is 2.94. The average Bonchev–Trinajstić information content (AvgIpc) is 3.42. The van der Waals surface area contributed by atoms with E-state index in [1.165, 1.54) is 21.3 Å². The zero-order valence-corrected chi connectivity index (χ0v) is 20.7. The lowest BCUT2D eigenvalue weighted by Crippen LogP contribution is -2.45. The Kier molecular flexibility index (Phi) is 7.28. The monoisotopic (exact) mass is 484 g/mol. The summed E-state index contributed by atoms with van der Waals surface area (Å²) >= 11 is 0. The predicted molar refractivity (Wildman–Crippen MR) is 137 cm³/mol. The highest BCUT2D eigenvalue weighted by atomic mass is 16.6. The first-order valence-electron chi connectivity index (χ1n) is 12.6. The maximum Gasteiger partial charge on any atom is 0.429 e. The van der Waals surface area contributed by atoms with Gasteiger partial charge in [0.2, 0.25) is 0 Å². The number of benzene rings is 2. The van der Waals surface area contributed by atoms with Gasteiger partial charge in [-0.05, 0) is 67.6 Å². The van der Waals surface area contributed by atoms with Gasteiger partial charge in [-0.2, -0.15) is 0 Å². The first kappa shape index (κ1) is 24.0. The lowest BCUT2D eigenvalue weighted by molar-refractivity contribution is 0.0111. The molecule has 1 atom stereocenters. The molecule has 0 bridgehead atoms. The fourth-order valence-corrected chi connectivity index (χ4v) is 5.17. The molecule has 0 N–H and O–H groups in total. The van der Waals surface area contributed by atoms with Crippen LogP contribution < -0.4 is 0 Å². The number of hydrogen-bond donors (Lipinski definition) is 0. The highest BCUT2D eigenvalue weighted by molar-refractivity contribution is 5.95. The van der Waals surface area contributed by atoms with Crippen LogP contribution in [-0.2, 0) is 24.3 Å². The number of nitrogens with zero attached hydrogens (tertiary/aromatic N) is 4. The number of carbonyl (C=O) groups is 2. The fourth-order valence-electron chi connectivity index (χ4n) is 5.17. The Balaban J connectivity index is 1.24. The van der Waals surface area contributed by atoms with Crippen molar-refractivity contribution in [2.45, 2.75) is 44.9 Å². The summed E-state index contributed by atoms with van der Waals surface area (Å²) in [6.45, 7) is 1.85. The molecule has 0 saturated carbocycles. The zero-order valence-electron chi connectivity index (χ0n) is 20.7. The van der Waals surface area contributed by atoms with Gasteiger partial charge >= 0.3 is 6.09 Å². The van der Waals surface area contributed by atoms with E-state index in [0.717, 1.165) is 36.8 Å². The summed E-state index contributed by atoms with van der Waals surface area (Å²) in [5.41, 5.74) is 5.04. The fraction of sp³-hybridized carbons (Fsp3) is 0.345. The van der Waals surface area contributed by atoms with E-state index in [4.69, 9.17) is 4.74 Å². The Morgan fingerprint density at radius 2 is 1.78 bits per heavy atom. The SMILES string of the molecule is CN(Cc1cccc(C(=O)N2CCCN2C(=O)OCc2ccccc2)c1)C1CCCc2cccnc21. The van der Waals surface area contributed by atoms with Crippen LogP contribution in [0.2, 0.25) is 0 Å². The Bertz CT molecular complexity index is 1220. The molecule has 1 aliphatic carbocycles. The number of pyridine rings is 1. The normalized spacial score (nSPS) is 17.2. The molecule has 1 aliphatic heterocycles. The molecule has 1 saturated heterocycles. The molecule has 2 amide bonds. The summed E-state index contributed by atoms with van der Waals surface area (Å²) in [4.78, 5) is 33.1. The van der Waals surface area contributed by atoms with E-state index in [2.05, 4.69) is 23.0 Å². The van der Waals surface area contributed by atoms with E-state index in [9.17, 15) is 9.59 Å². The second kappa shape index (κ2) is 10.9. The second-order valence-electron chi connectivity index (χ2n) is 9.52. The highest BCUT2D eigenvalue weighted by Crippen LogP contribution is 2.32. The van der Waals surface area contributed by atoms with E-state index < -0.39 is 6.09 Å². The van der Waals surface area contributed by atoms with Gasteiger partial charge in [0.05, 0.1) is 11.7 Å². The molecule has 2 heterocycles. The first-order valence-corrected chi connectivity index (χ1v) is 12.6. The van der Waals surface area contributed by atoms with Crippen LogP contribution in [0.15, 0.2) is 72.9 Å². The van der Waals surface area contributed by atoms with Gasteiger partial charge in [0.25, 0.3) is 5.91 Å². The molecule has 0 spiro atoms. The molecule has 1 unspecified atom stereocenters. The molecule has 186 valence electrons. The Morgan fingerprint density at radius 3 is 2.64 bits per heavy atom. The van der Waals surface area contributed by atoms with Gasteiger partial charge in [-0.15, -0.1) is 0 Å². The maximum absolute atomic E-state index is 13.4. The van der Waals surface area contributed by atoms with Crippen molar-refractivity contribution < 1.29 is 14.3 Å². The minimum absolute atomic E-state index is 0.180. The minimum atomic E-state index is -0.496. The highest BCUT2D eigenvalue weighted by Gasteiger charge is 2.32. The number of fused-ring (bicyclic) bond motifs is 1. The number of amides is 2. The first-order chi connectivity index (χ1) is 17.6. The molecule has 2 aliphatic rings. The van der Waals surface area contributed by atoms with Crippen molar-refractivity contribution in [3.05, 3.63) is 101 Å². The van der Waals surface area contributed by atoms with E-state index in [0.29, 0.717) is 25.2 Å². The number of ether oxygens (including phenoxy) is 1. The molecule has 0 radical (unpaired) electrons. The zero-order chi connectivity index (χ0) is 24.9. The van der Waals surface area contributed by atoms with Crippen LogP contribution in [0.3, 0.4) is 0 Å². The Labute approximate surface area is 212 Å². The summed E-state index contributed by atoms with van der Waals surface area (Å²) in [6.07, 6.45) is 5.41. The predicted octanol–water partition coefficient (Wildman–Crippen LogP) is 4.99. The lowest BCUT2D eigenvalue weighted by Gasteiger charge is -2.32. The summed E-state index contributed by atoms with van der Waals surface area (Å²) in [5.74, 6) is -0.182. The van der Waals surface area contributed by atoms with Gasteiger partial charge in [0, 0.05) is 31.4 Å². The number of rotatable bonds is 6. The van der Waals surface area contributed by atoms with Crippen molar-refractivity contribution in [2.24, 2.45) is 0 Å². The number of hydrazine groups is 1. The number of hydrogen-bond acceptors (Lipinski definition) is 5. The summed E-state index contributed by atoms with van der Waals surface area (Å²) < 4.78 is 5.48. The quantitative estimate of drug-likeness (QED) is 0.493. The van der Waals surface area contributed by atoms with Crippen molar-refractivity contribution in [1.29, 1.82) is 0 Å². The van der Waals surface area contributed by atoms with Crippen molar-refractivity contribution >= 4 is 12.0 Å². The van der Waals surface area contributed by atoms with Crippen LogP contribution in [0, 0.1) is 0 Å². The summed E-state index contributed by atoms with van der Waals surface area (Å²) in [6, 6.07) is 21.7. The molecule has 1 fully saturated rings. The van der Waals surface area contributed by atoms with Gasteiger partial charge in [0.15, 0.2) is 0 Å². The van der Waals surface area contributed by atoms with E-state index in [-0.39, 0.29) is 18.6 Å². The third-order valence-corrected chi connectivity index (χ3v) is 6.98. The largest absolute Gasteiger partial charge is 0.443 e. The van der Waals surface area contributed by atoms with Gasteiger partial charge in [-0.1, -0.05) is 48.5 Å². The molecule has 7 nitrogen and oxygen atoms in total. The number of aryl methyl sites for hydroxylation is 1. The number of aromatic nitrogens is 1. The molecular formula is C29H32N4O3. The molecule has 7 heteroatoms. The van der Waals surface area contributed by atoms with Crippen LogP contribution in [-0.4, -0.2) is 52.0 Å². The second-order valence-corrected chi connectivity index (χ2v) is 9.52. The van der Waals surface area contributed by atoms with Gasteiger partial charge in [-0.3, -0.25) is 14.7 Å². The van der Waals surface area contributed by atoms with Crippen molar-refractivity contribution in [3.63, 3.8) is 0 Å². The molecule has 3 aromatic rings. The third-order valence-electron chi connectivity index (χ3n) is 6.98. The van der Waals surface area contributed by atoms with Crippen molar-refractivity contribution in [2.75, 3.05) is 20.1 Å². The van der Waals surface area contributed by atoms with Crippen LogP contribution >= 0.6 is 0 Å². The van der Waals surface area contributed by atoms with Crippen molar-refractivity contribution in [3.8, 4) is 0 Å². The van der Waals surface area contributed by atoms with Crippen LogP contribution in [0.25, 0.3) is 0 Å². The summed E-state index contributed by atoms with van der Waals surface area (Å²) in [7, 11) is 2.12. The third kappa shape index (κ3) is 5.26. The van der Waals surface area contributed by atoms with Crippen LogP contribution in [0.1, 0.15) is 58.0 Å². The van der Waals surface area contributed by atoms with E-state index >= 15 is 0 Å². The topological polar surface area (TPSA) is 66.0 Å². The van der Waals surface area contributed by atoms with Gasteiger partial charge in [0.1, 0.15) is 6.61 Å². The maximum atomic E-state index is 13.4. The Morgan fingerprint density at radius 1 is 0.972 bits per heavy atom. The molecular weight excluding hydrogens is 452 g/mol. The van der Waals surface area contributed by atoms with Gasteiger partial charge in [-0.25, -0.2) is 14.8 Å². The standard InChI is InChI=1S/C29H32N4O3/c1-31(26-15-6-12-24-14-7-16-30-27(24)26)20-23-11-5-13-25(19-23)28(34)32-17-8-18-33(32)29(35)36-21-22-9-3-2-4-10-22/h2-5,7,9-11,13-14,16,19,26H,6,8,12,15,17-18,20-21H2,1H3. The molecule has 5 rings (SSSR count). The number of carbonyl (C=O) groups excluding carboxylic acids is 2. The van der Waals surface area contributed by atoms with E-state index in [1.54, 1.807) is 0 Å². The van der Waals surface area contributed by atoms with Gasteiger partial charge < -0.3 is 4.74 Å². The van der Waals surface area contributed by atoms with E-state index in [1.807, 2.05) is 66.9 Å². The molecule has 36 heavy (non-hydrogen) atoms. The smallest absolute Gasteiger partial charge is 0.429 e. The average molecular weight is 485 g/mol. The van der Waals surface area contributed by atoms with Crippen LogP contribution in [0.5, 0.6) is 0 Å². The lowest BCUT2D eigenvalue weighted by atomic mass is 9.91. The molecule has 1 aromatic heterocycles. The Hall–Kier alpha value is -3.71. The molecule has 2 aromatic carbocycles.